The lowest BCUT2D eigenvalue weighted by molar-refractivity contribution is 0.401. The Labute approximate surface area is 361 Å². The highest BCUT2D eigenvalue weighted by molar-refractivity contribution is 9.11. The van der Waals surface area contributed by atoms with Crippen LogP contribution in [0.5, 0.6) is 0 Å². The maximum Gasteiger partial charge on any atom is 0.0465 e. The summed E-state index contributed by atoms with van der Waals surface area (Å²) in [5.74, 6) is 0. The molecule has 0 fully saturated rings. The quantitative estimate of drug-likeness (QED) is 0.0892. The van der Waals surface area contributed by atoms with Gasteiger partial charge in [-0.25, -0.2) is 0 Å². The van der Waals surface area contributed by atoms with E-state index in [2.05, 4.69) is 221 Å². The fraction of sp³-hybridized carbons (Fsp3) is 0.265. The molecular formula is C49H48Br4N2. The number of fused-ring (bicyclic) bond motifs is 3. The number of benzene rings is 6. The van der Waals surface area contributed by atoms with Crippen molar-refractivity contribution in [3.8, 4) is 11.1 Å². The minimum Gasteiger partial charge on any atom is -0.310 e. The molecule has 6 aromatic rings. The third-order valence-corrected chi connectivity index (χ3v) is 13.2. The summed E-state index contributed by atoms with van der Waals surface area (Å²) < 4.78 is 4.30. The molecule has 0 N–H and O–H groups in total. The molecule has 0 unspecified atom stereocenters. The molecule has 2 nitrogen and oxygen atoms in total. The molecule has 0 atom stereocenters. The molecule has 0 aromatic heterocycles. The van der Waals surface area contributed by atoms with Gasteiger partial charge >= 0.3 is 0 Å². The van der Waals surface area contributed by atoms with Crippen molar-refractivity contribution in [3.05, 3.63) is 162 Å². The van der Waals surface area contributed by atoms with E-state index in [-0.39, 0.29) is 5.41 Å². The van der Waals surface area contributed by atoms with Crippen LogP contribution in [0.1, 0.15) is 89.2 Å². The van der Waals surface area contributed by atoms with Crippen LogP contribution in [0.3, 0.4) is 0 Å². The van der Waals surface area contributed by atoms with E-state index in [0.717, 1.165) is 53.5 Å². The Morgan fingerprint density at radius 2 is 0.655 bits per heavy atom. The predicted octanol–water partition coefficient (Wildman–Crippen LogP) is 17.9. The smallest absolute Gasteiger partial charge is 0.0465 e. The molecule has 282 valence electrons. The van der Waals surface area contributed by atoms with Crippen molar-refractivity contribution in [2.75, 3.05) is 9.80 Å². The van der Waals surface area contributed by atoms with E-state index < -0.39 is 0 Å². The number of unbranched alkanes of at least 4 members (excludes halogenated alkanes) is 6. The van der Waals surface area contributed by atoms with Crippen molar-refractivity contribution < 1.29 is 0 Å². The molecule has 0 saturated carbocycles. The summed E-state index contributed by atoms with van der Waals surface area (Å²) in [5, 5.41) is 0. The first kappa shape index (κ1) is 40.1. The Morgan fingerprint density at radius 1 is 0.364 bits per heavy atom. The van der Waals surface area contributed by atoms with Crippen LogP contribution in [0.2, 0.25) is 0 Å². The highest BCUT2D eigenvalue weighted by Crippen LogP contribution is 2.57. The van der Waals surface area contributed by atoms with Gasteiger partial charge in [-0.1, -0.05) is 141 Å². The second-order valence-corrected chi connectivity index (χ2v) is 18.4. The fourth-order valence-electron chi connectivity index (χ4n) is 8.38. The first-order chi connectivity index (χ1) is 26.8. The number of hydrogen-bond acceptors (Lipinski definition) is 2. The third kappa shape index (κ3) is 8.88. The van der Waals surface area contributed by atoms with E-state index in [9.17, 15) is 0 Å². The van der Waals surface area contributed by atoms with Gasteiger partial charge in [0.2, 0.25) is 0 Å². The third-order valence-electron chi connectivity index (χ3n) is 11.1. The van der Waals surface area contributed by atoms with Crippen molar-refractivity contribution >= 4 is 97.8 Å². The van der Waals surface area contributed by atoms with Crippen molar-refractivity contribution in [1.29, 1.82) is 0 Å². The molecular weight excluding hydrogens is 936 g/mol. The second-order valence-electron chi connectivity index (χ2n) is 14.7. The average Bonchev–Trinajstić information content (AvgIpc) is 3.46. The predicted molar refractivity (Wildman–Crippen MR) is 250 cm³/mol. The SMILES string of the molecule is CCCCCCC1(CCCCCC)c2cc(N(c3ccc(Br)cc3)c3ccc(Br)cc3)ccc2-c2ccc(N(c3ccc(Br)cc3)c3ccc(Br)cc3)cc21. The van der Waals surface area contributed by atoms with Gasteiger partial charge in [0, 0.05) is 57.4 Å². The van der Waals surface area contributed by atoms with Gasteiger partial charge in [-0.15, -0.1) is 0 Å². The van der Waals surface area contributed by atoms with E-state index in [4.69, 9.17) is 0 Å². The fourth-order valence-corrected chi connectivity index (χ4v) is 9.43. The van der Waals surface area contributed by atoms with Gasteiger partial charge in [0.05, 0.1) is 0 Å². The van der Waals surface area contributed by atoms with Gasteiger partial charge in [0.15, 0.2) is 0 Å². The topological polar surface area (TPSA) is 6.48 Å². The lowest BCUT2D eigenvalue weighted by atomic mass is 9.70. The van der Waals surface area contributed by atoms with Gasteiger partial charge in [-0.2, -0.15) is 0 Å². The van der Waals surface area contributed by atoms with Crippen molar-refractivity contribution in [2.24, 2.45) is 0 Å². The summed E-state index contributed by atoms with van der Waals surface area (Å²) >= 11 is 14.7. The van der Waals surface area contributed by atoms with E-state index in [1.165, 1.54) is 85.0 Å². The van der Waals surface area contributed by atoms with Gasteiger partial charge in [0.1, 0.15) is 0 Å². The normalized spacial score (nSPS) is 12.7. The molecule has 0 aliphatic heterocycles. The lowest BCUT2D eigenvalue weighted by Crippen LogP contribution is -2.26. The minimum atomic E-state index is -0.103. The Morgan fingerprint density at radius 3 is 0.945 bits per heavy atom. The summed E-state index contributed by atoms with van der Waals surface area (Å²) in [6.45, 7) is 4.63. The summed E-state index contributed by atoms with van der Waals surface area (Å²) in [5.41, 5.74) is 12.5. The minimum absolute atomic E-state index is 0.103. The van der Waals surface area contributed by atoms with Crippen LogP contribution in [-0.2, 0) is 5.41 Å². The first-order valence-electron chi connectivity index (χ1n) is 19.7. The monoisotopic (exact) mass is 980 g/mol. The van der Waals surface area contributed by atoms with Crippen LogP contribution in [0, 0.1) is 0 Å². The highest BCUT2D eigenvalue weighted by atomic mass is 79.9. The van der Waals surface area contributed by atoms with E-state index in [1.807, 2.05) is 0 Å². The van der Waals surface area contributed by atoms with Crippen LogP contribution >= 0.6 is 63.7 Å². The molecule has 0 bridgehead atoms. The van der Waals surface area contributed by atoms with Crippen molar-refractivity contribution in [2.45, 2.75) is 83.5 Å². The maximum absolute atomic E-state index is 3.68. The molecule has 6 aromatic carbocycles. The summed E-state index contributed by atoms with van der Waals surface area (Å²) in [6, 6.07) is 49.4. The van der Waals surface area contributed by atoms with Gasteiger partial charge < -0.3 is 9.80 Å². The lowest BCUT2D eigenvalue weighted by Gasteiger charge is -2.35. The molecule has 0 saturated heterocycles. The molecule has 7 rings (SSSR count). The van der Waals surface area contributed by atoms with E-state index in [1.54, 1.807) is 0 Å². The maximum atomic E-state index is 3.68. The molecule has 0 heterocycles. The van der Waals surface area contributed by atoms with Crippen LogP contribution in [0.15, 0.2) is 151 Å². The Kier molecular flexibility index (Phi) is 13.4. The van der Waals surface area contributed by atoms with Gasteiger partial charge in [0.25, 0.3) is 0 Å². The van der Waals surface area contributed by atoms with Crippen molar-refractivity contribution in [1.82, 2.24) is 0 Å². The molecule has 0 spiro atoms. The summed E-state index contributed by atoms with van der Waals surface area (Å²) in [7, 11) is 0. The number of nitrogens with zero attached hydrogens (tertiary/aromatic N) is 2. The standard InChI is InChI=1S/C49H48Br4N2/c1-3-5-7-9-31-49(32-10-8-6-4-2)47-33-43(54(39-19-11-35(50)12-20-39)40-21-13-36(51)14-22-40)27-29-45(47)46-30-28-44(34-48(46)49)55(41-23-15-37(52)16-24-41)42-25-17-38(53)18-26-42/h11-30,33-34H,3-10,31-32H2,1-2H3. The van der Waals surface area contributed by atoms with Gasteiger partial charge in [-0.05, 0) is 156 Å². The first-order valence-corrected chi connectivity index (χ1v) is 22.9. The average molecular weight is 985 g/mol. The largest absolute Gasteiger partial charge is 0.310 e. The molecule has 1 aliphatic rings. The van der Waals surface area contributed by atoms with Crippen LogP contribution < -0.4 is 9.80 Å². The Hall–Kier alpha value is -3.16. The zero-order chi connectivity index (χ0) is 38.4. The Bertz CT molecular complexity index is 1930. The molecule has 0 amide bonds. The van der Waals surface area contributed by atoms with E-state index in [0.29, 0.717) is 0 Å². The number of rotatable bonds is 16. The van der Waals surface area contributed by atoms with Crippen molar-refractivity contribution in [3.63, 3.8) is 0 Å². The summed E-state index contributed by atoms with van der Waals surface area (Å²) in [4.78, 5) is 4.82. The molecule has 0 radical (unpaired) electrons. The van der Waals surface area contributed by atoms with Crippen LogP contribution in [0.4, 0.5) is 34.1 Å². The molecule has 1 aliphatic carbocycles. The second kappa shape index (κ2) is 18.4. The van der Waals surface area contributed by atoms with Gasteiger partial charge in [-0.3, -0.25) is 0 Å². The zero-order valence-electron chi connectivity index (χ0n) is 31.7. The zero-order valence-corrected chi connectivity index (χ0v) is 38.0. The number of hydrogen-bond donors (Lipinski definition) is 0. The summed E-state index contributed by atoms with van der Waals surface area (Å²) in [6.07, 6.45) is 12.2. The number of anilines is 6. The Balaban J connectivity index is 1.42. The highest BCUT2D eigenvalue weighted by Gasteiger charge is 2.43. The van der Waals surface area contributed by atoms with E-state index >= 15 is 0 Å². The molecule has 55 heavy (non-hydrogen) atoms. The van der Waals surface area contributed by atoms with Crippen LogP contribution in [-0.4, -0.2) is 0 Å². The van der Waals surface area contributed by atoms with Crippen LogP contribution in [0.25, 0.3) is 11.1 Å². The number of halogens is 4. The molecule has 6 heteroatoms.